The lowest BCUT2D eigenvalue weighted by atomic mass is 10.1. The molecule has 24 heavy (non-hydrogen) atoms. The van der Waals surface area contributed by atoms with Gasteiger partial charge in [0.05, 0.1) is 24.8 Å². The minimum atomic E-state index is -3.74. The molecule has 0 heterocycles. The van der Waals surface area contributed by atoms with Crippen molar-refractivity contribution >= 4 is 31.7 Å². The van der Waals surface area contributed by atoms with E-state index >= 15 is 0 Å². The minimum Gasteiger partial charge on any atom is -0.497 e. The molecule has 0 saturated heterocycles. The molecule has 0 aliphatic heterocycles. The fourth-order valence-corrected chi connectivity index (χ4v) is 3.07. The van der Waals surface area contributed by atoms with E-state index in [1.807, 2.05) is 0 Å². The summed E-state index contributed by atoms with van der Waals surface area (Å²) >= 11 is 3.27. The molecule has 0 amide bonds. The van der Waals surface area contributed by atoms with Gasteiger partial charge in [-0.15, -0.1) is 0 Å². The summed E-state index contributed by atoms with van der Waals surface area (Å²) in [4.78, 5) is 2.36. The zero-order valence-electron chi connectivity index (χ0n) is 13.4. The van der Waals surface area contributed by atoms with Gasteiger partial charge in [0.1, 0.15) is 11.5 Å². The Morgan fingerprint density at radius 2 is 1.75 bits per heavy atom. The standard InChI is InChI=1S/C16H17BrN2O4S/c1-11(15-9-6-13(22-2)10-16(15)23-3)18-19-24(20,21)14-7-4-12(17)5-8-14/h4-10,19H,1-3H3. The molecule has 0 atom stereocenters. The van der Waals surface area contributed by atoms with Gasteiger partial charge in [-0.05, 0) is 43.3 Å². The van der Waals surface area contributed by atoms with Crippen LogP contribution in [-0.2, 0) is 10.0 Å². The van der Waals surface area contributed by atoms with Gasteiger partial charge >= 0.3 is 0 Å². The van der Waals surface area contributed by atoms with Gasteiger partial charge < -0.3 is 9.47 Å². The van der Waals surface area contributed by atoms with E-state index in [0.717, 1.165) is 4.47 Å². The summed E-state index contributed by atoms with van der Waals surface area (Å²) in [6, 6.07) is 11.5. The van der Waals surface area contributed by atoms with Gasteiger partial charge in [-0.25, -0.2) is 0 Å². The van der Waals surface area contributed by atoms with E-state index in [-0.39, 0.29) is 4.90 Å². The highest BCUT2D eigenvalue weighted by Crippen LogP contribution is 2.25. The van der Waals surface area contributed by atoms with Crippen LogP contribution in [-0.4, -0.2) is 28.3 Å². The second-order valence-corrected chi connectivity index (χ2v) is 7.39. The van der Waals surface area contributed by atoms with Gasteiger partial charge in [-0.3, -0.25) is 0 Å². The molecule has 0 aliphatic rings. The van der Waals surface area contributed by atoms with Crippen molar-refractivity contribution < 1.29 is 17.9 Å². The van der Waals surface area contributed by atoms with Crippen LogP contribution < -0.4 is 14.3 Å². The summed E-state index contributed by atoms with van der Waals surface area (Å²) in [6.45, 7) is 1.69. The third-order valence-electron chi connectivity index (χ3n) is 3.26. The molecule has 2 rings (SSSR count). The number of hydrogen-bond acceptors (Lipinski definition) is 5. The normalized spacial score (nSPS) is 11.9. The number of nitrogens with one attached hydrogen (secondary N) is 1. The van der Waals surface area contributed by atoms with Crippen molar-refractivity contribution in [2.24, 2.45) is 5.10 Å². The number of ether oxygens (including phenoxy) is 2. The Morgan fingerprint density at radius 1 is 1.08 bits per heavy atom. The molecular weight excluding hydrogens is 396 g/mol. The number of hydrazone groups is 1. The Hall–Kier alpha value is -2.06. The molecule has 1 N–H and O–H groups in total. The predicted molar refractivity (Wildman–Crippen MR) is 96.2 cm³/mol. The summed E-state index contributed by atoms with van der Waals surface area (Å²) in [6.07, 6.45) is 0. The highest BCUT2D eigenvalue weighted by atomic mass is 79.9. The van der Waals surface area contributed by atoms with E-state index in [0.29, 0.717) is 22.8 Å². The summed E-state index contributed by atoms with van der Waals surface area (Å²) in [5, 5.41) is 3.98. The van der Waals surface area contributed by atoms with Crippen LogP contribution in [0.25, 0.3) is 0 Å². The van der Waals surface area contributed by atoms with Crippen LogP contribution in [0, 0.1) is 0 Å². The van der Waals surface area contributed by atoms with Crippen molar-refractivity contribution in [2.75, 3.05) is 14.2 Å². The van der Waals surface area contributed by atoms with Crippen molar-refractivity contribution in [2.45, 2.75) is 11.8 Å². The van der Waals surface area contributed by atoms with Crippen LogP contribution in [0.1, 0.15) is 12.5 Å². The SMILES string of the molecule is COc1ccc(C(C)=NNS(=O)(=O)c2ccc(Br)cc2)c(OC)c1. The van der Waals surface area contributed by atoms with Crippen LogP contribution in [0.3, 0.4) is 0 Å². The van der Waals surface area contributed by atoms with E-state index in [9.17, 15) is 8.42 Å². The Kier molecular flexibility index (Phi) is 5.84. The maximum atomic E-state index is 12.2. The molecule has 128 valence electrons. The van der Waals surface area contributed by atoms with Gasteiger partial charge in [-0.2, -0.15) is 18.4 Å². The molecular formula is C16H17BrN2O4S. The first-order valence-electron chi connectivity index (χ1n) is 6.91. The first-order chi connectivity index (χ1) is 11.4. The number of sulfonamides is 1. The van der Waals surface area contributed by atoms with Crippen LogP contribution in [0.5, 0.6) is 11.5 Å². The highest BCUT2D eigenvalue weighted by Gasteiger charge is 2.14. The summed E-state index contributed by atoms with van der Waals surface area (Å²) in [7, 11) is -0.654. The monoisotopic (exact) mass is 412 g/mol. The third kappa shape index (κ3) is 4.27. The van der Waals surface area contributed by atoms with E-state index in [1.54, 1.807) is 44.4 Å². The second kappa shape index (κ2) is 7.67. The first-order valence-corrected chi connectivity index (χ1v) is 9.19. The molecule has 0 fully saturated rings. The predicted octanol–water partition coefficient (Wildman–Crippen LogP) is 3.17. The van der Waals surface area contributed by atoms with Gasteiger partial charge in [0.15, 0.2) is 0 Å². The topological polar surface area (TPSA) is 77.0 Å². The molecule has 0 radical (unpaired) electrons. The van der Waals surface area contributed by atoms with E-state index in [1.165, 1.54) is 19.2 Å². The van der Waals surface area contributed by atoms with Crippen LogP contribution in [0.4, 0.5) is 0 Å². The first kappa shape index (κ1) is 18.3. The van der Waals surface area contributed by atoms with Gasteiger partial charge in [0, 0.05) is 16.1 Å². The van der Waals surface area contributed by atoms with Crippen molar-refractivity contribution in [3.8, 4) is 11.5 Å². The zero-order valence-corrected chi connectivity index (χ0v) is 15.8. The largest absolute Gasteiger partial charge is 0.497 e. The van der Waals surface area contributed by atoms with Gasteiger partial charge in [0.25, 0.3) is 10.0 Å². The smallest absolute Gasteiger partial charge is 0.276 e. The Bertz CT molecular complexity index is 849. The Labute approximate surface area is 149 Å². The average Bonchev–Trinajstić information content (AvgIpc) is 2.59. The third-order valence-corrected chi connectivity index (χ3v) is 5.01. The van der Waals surface area contributed by atoms with E-state index in [2.05, 4.69) is 25.9 Å². The summed E-state index contributed by atoms with van der Waals surface area (Å²) in [5.41, 5.74) is 1.13. The molecule has 0 unspecified atom stereocenters. The number of halogens is 1. The molecule has 8 heteroatoms. The lowest BCUT2D eigenvalue weighted by Crippen LogP contribution is -2.20. The average molecular weight is 413 g/mol. The lowest BCUT2D eigenvalue weighted by Gasteiger charge is -2.10. The van der Waals surface area contributed by atoms with Gasteiger partial charge in [0.2, 0.25) is 0 Å². The molecule has 0 aromatic heterocycles. The van der Waals surface area contributed by atoms with Crippen molar-refractivity contribution in [1.29, 1.82) is 0 Å². The fraction of sp³-hybridized carbons (Fsp3) is 0.188. The molecule has 6 nitrogen and oxygen atoms in total. The number of methoxy groups -OCH3 is 2. The van der Waals surface area contributed by atoms with Crippen LogP contribution in [0.15, 0.2) is 56.9 Å². The molecule has 0 aliphatic carbocycles. The quantitative estimate of drug-likeness (QED) is 0.583. The minimum absolute atomic E-state index is 0.129. The fourth-order valence-electron chi connectivity index (χ4n) is 1.95. The molecule has 2 aromatic rings. The van der Waals surface area contributed by atoms with Gasteiger partial charge in [-0.1, -0.05) is 15.9 Å². The Balaban J connectivity index is 2.27. The maximum absolute atomic E-state index is 12.2. The van der Waals surface area contributed by atoms with Crippen LogP contribution in [0.2, 0.25) is 0 Å². The molecule has 0 bridgehead atoms. The van der Waals surface area contributed by atoms with E-state index < -0.39 is 10.0 Å². The number of hydrogen-bond donors (Lipinski definition) is 1. The van der Waals surface area contributed by atoms with Crippen molar-refractivity contribution in [3.63, 3.8) is 0 Å². The number of nitrogens with zero attached hydrogens (tertiary/aromatic N) is 1. The van der Waals surface area contributed by atoms with Crippen molar-refractivity contribution in [1.82, 2.24) is 4.83 Å². The second-order valence-electron chi connectivity index (χ2n) is 4.81. The highest BCUT2D eigenvalue weighted by molar-refractivity contribution is 9.10. The number of benzene rings is 2. The maximum Gasteiger partial charge on any atom is 0.276 e. The van der Waals surface area contributed by atoms with E-state index in [4.69, 9.17) is 9.47 Å². The lowest BCUT2D eigenvalue weighted by molar-refractivity contribution is 0.394. The molecule has 0 spiro atoms. The Morgan fingerprint density at radius 3 is 2.33 bits per heavy atom. The number of rotatable bonds is 6. The summed E-state index contributed by atoms with van der Waals surface area (Å²) < 4.78 is 35.7. The zero-order chi connectivity index (χ0) is 17.7. The van der Waals surface area contributed by atoms with Crippen LogP contribution >= 0.6 is 15.9 Å². The summed E-state index contributed by atoms with van der Waals surface area (Å²) in [5.74, 6) is 1.18. The molecule has 2 aromatic carbocycles. The molecule has 0 saturated carbocycles. The van der Waals surface area contributed by atoms with Crippen molar-refractivity contribution in [3.05, 3.63) is 52.5 Å².